The Morgan fingerprint density at radius 3 is 2.80 bits per heavy atom. The van der Waals surface area contributed by atoms with Crippen molar-refractivity contribution in [2.45, 2.75) is 44.9 Å². The smallest absolute Gasteiger partial charge is 0.270 e. The second-order valence-electron chi connectivity index (χ2n) is 5.26. The van der Waals surface area contributed by atoms with Crippen LogP contribution in [0.5, 0.6) is 5.75 Å². The normalized spacial score (nSPS) is 21.9. The highest BCUT2D eigenvalue weighted by Gasteiger charge is 2.38. The first-order valence-electron chi connectivity index (χ1n) is 6.84. The third kappa shape index (κ3) is 2.21. The van der Waals surface area contributed by atoms with Crippen molar-refractivity contribution in [3.8, 4) is 5.75 Å². The van der Waals surface area contributed by atoms with Gasteiger partial charge in [0.2, 0.25) is 0 Å². The highest BCUT2D eigenvalue weighted by Crippen LogP contribution is 2.35. The summed E-state index contributed by atoms with van der Waals surface area (Å²) in [7, 11) is 0. The Hall–Kier alpha value is -2.11. The molecule has 0 spiro atoms. The van der Waals surface area contributed by atoms with Gasteiger partial charge < -0.3 is 9.64 Å². The Morgan fingerprint density at radius 2 is 2.20 bits per heavy atom. The highest BCUT2D eigenvalue weighted by atomic mass is 16.6. The first kappa shape index (κ1) is 12.9. The minimum absolute atomic E-state index is 0.00569. The predicted octanol–water partition coefficient (Wildman–Crippen LogP) is 2.26. The van der Waals surface area contributed by atoms with Crippen molar-refractivity contribution in [3.63, 3.8) is 0 Å². The number of benzene rings is 1. The van der Waals surface area contributed by atoms with Crippen LogP contribution < -0.4 is 4.74 Å². The van der Waals surface area contributed by atoms with E-state index >= 15 is 0 Å². The van der Waals surface area contributed by atoms with Crippen LogP contribution in [0.1, 0.15) is 31.7 Å². The average molecular weight is 276 g/mol. The molecule has 106 valence electrons. The van der Waals surface area contributed by atoms with Gasteiger partial charge in [-0.3, -0.25) is 14.9 Å². The van der Waals surface area contributed by atoms with Crippen LogP contribution >= 0.6 is 0 Å². The maximum atomic E-state index is 12.4. The summed E-state index contributed by atoms with van der Waals surface area (Å²) in [6, 6.07) is 4.80. The van der Waals surface area contributed by atoms with Gasteiger partial charge in [0, 0.05) is 30.3 Å². The van der Waals surface area contributed by atoms with Gasteiger partial charge in [-0.25, -0.2) is 0 Å². The number of carbonyl (C=O) groups excluding carboxylic acids is 1. The molecule has 20 heavy (non-hydrogen) atoms. The fourth-order valence-corrected chi connectivity index (χ4v) is 2.52. The van der Waals surface area contributed by atoms with E-state index < -0.39 is 11.0 Å². The molecule has 0 radical (unpaired) electrons. The summed E-state index contributed by atoms with van der Waals surface area (Å²) in [5, 5.41) is 10.9. The van der Waals surface area contributed by atoms with Gasteiger partial charge in [0.1, 0.15) is 5.75 Å². The van der Waals surface area contributed by atoms with Crippen molar-refractivity contribution in [2.24, 2.45) is 0 Å². The number of ether oxygens (including phenoxy) is 1. The van der Waals surface area contributed by atoms with E-state index in [4.69, 9.17) is 4.74 Å². The van der Waals surface area contributed by atoms with Crippen LogP contribution in [0.15, 0.2) is 18.2 Å². The zero-order chi connectivity index (χ0) is 14.3. The van der Waals surface area contributed by atoms with Crippen LogP contribution in [0.25, 0.3) is 0 Å². The van der Waals surface area contributed by atoms with Crippen molar-refractivity contribution < 1.29 is 14.5 Å². The lowest BCUT2D eigenvalue weighted by atomic mass is 10.1. The Morgan fingerprint density at radius 1 is 1.45 bits per heavy atom. The molecule has 1 aromatic carbocycles. The van der Waals surface area contributed by atoms with Crippen molar-refractivity contribution in [2.75, 3.05) is 0 Å². The minimum Gasteiger partial charge on any atom is -0.480 e. The van der Waals surface area contributed by atoms with E-state index in [1.54, 1.807) is 6.07 Å². The van der Waals surface area contributed by atoms with E-state index in [1.807, 2.05) is 11.8 Å². The summed E-state index contributed by atoms with van der Waals surface area (Å²) in [6.07, 6.45) is 2.12. The fourth-order valence-electron chi connectivity index (χ4n) is 2.52. The second kappa shape index (κ2) is 4.77. The largest absolute Gasteiger partial charge is 0.480 e. The third-order valence-electron chi connectivity index (χ3n) is 3.78. The SMILES string of the molecule is CCC1Oc2ccc([N+](=O)[O-])cc2CN(C2CC2)C1=O. The van der Waals surface area contributed by atoms with Gasteiger partial charge in [0.25, 0.3) is 11.6 Å². The molecule has 1 unspecified atom stereocenters. The van der Waals surface area contributed by atoms with Crippen LogP contribution in [0.4, 0.5) is 5.69 Å². The monoisotopic (exact) mass is 276 g/mol. The number of rotatable bonds is 3. The summed E-state index contributed by atoms with van der Waals surface area (Å²) >= 11 is 0. The third-order valence-corrected chi connectivity index (χ3v) is 3.78. The van der Waals surface area contributed by atoms with E-state index in [0.29, 0.717) is 18.7 Å². The van der Waals surface area contributed by atoms with Gasteiger partial charge in [-0.15, -0.1) is 0 Å². The van der Waals surface area contributed by atoms with E-state index in [9.17, 15) is 14.9 Å². The molecule has 3 rings (SSSR count). The van der Waals surface area contributed by atoms with Crippen molar-refractivity contribution >= 4 is 11.6 Å². The number of hydrogen-bond donors (Lipinski definition) is 0. The number of fused-ring (bicyclic) bond motifs is 1. The molecule has 1 amide bonds. The van der Waals surface area contributed by atoms with Gasteiger partial charge in [0.15, 0.2) is 6.10 Å². The summed E-state index contributed by atoms with van der Waals surface area (Å²) in [5.74, 6) is 0.577. The molecule has 2 aliphatic rings. The van der Waals surface area contributed by atoms with E-state index in [2.05, 4.69) is 0 Å². The lowest BCUT2D eigenvalue weighted by Crippen LogP contribution is -2.40. The molecule has 0 aromatic heterocycles. The molecule has 1 saturated carbocycles. The van der Waals surface area contributed by atoms with Gasteiger partial charge in [-0.2, -0.15) is 0 Å². The second-order valence-corrected chi connectivity index (χ2v) is 5.26. The molecule has 1 heterocycles. The molecular formula is C14H16N2O4. The first-order valence-corrected chi connectivity index (χ1v) is 6.84. The Kier molecular flexibility index (Phi) is 3.08. The maximum absolute atomic E-state index is 12.4. The molecule has 1 aromatic rings. The van der Waals surface area contributed by atoms with Crippen molar-refractivity contribution in [3.05, 3.63) is 33.9 Å². The number of nitrogens with zero attached hydrogens (tertiary/aromatic N) is 2. The lowest BCUT2D eigenvalue weighted by Gasteiger charge is -2.22. The van der Waals surface area contributed by atoms with E-state index in [-0.39, 0.29) is 17.6 Å². The quantitative estimate of drug-likeness (QED) is 0.627. The van der Waals surface area contributed by atoms with Crippen LogP contribution in [0.3, 0.4) is 0 Å². The Labute approximate surface area is 116 Å². The molecule has 6 nitrogen and oxygen atoms in total. The zero-order valence-electron chi connectivity index (χ0n) is 11.2. The minimum atomic E-state index is -0.488. The number of carbonyl (C=O) groups is 1. The number of amides is 1. The van der Waals surface area contributed by atoms with E-state index in [0.717, 1.165) is 18.4 Å². The molecule has 1 aliphatic heterocycles. The molecule has 0 bridgehead atoms. The molecule has 6 heteroatoms. The van der Waals surface area contributed by atoms with Crippen LogP contribution in [-0.4, -0.2) is 27.9 Å². The number of nitro benzene ring substituents is 1. The summed E-state index contributed by atoms with van der Waals surface area (Å²) in [5.41, 5.74) is 0.751. The molecule has 0 saturated heterocycles. The number of non-ortho nitro benzene ring substituents is 1. The fraction of sp³-hybridized carbons (Fsp3) is 0.500. The number of hydrogen-bond acceptors (Lipinski definition) is 4. The van der Waals surface area contributed by atoms with Gasteiger partial charge in [-0.1, -0.05) is 6.92 Å². The summed E-state index contributed by atoms with van der Waals surface area (Å²) < 4.78 is 5.75. The topological polar surface area (TPSA) is 72.7 Å². The van der Waals surface area contributed by atoms with Crippen molar-refractivity contribution in [1.82, 2.24) is 4.90 Å². The maximum Gasteiger partial charge on any atom is 0.270 e. The average Bonchev–Trinajstić information content (AvgIpc) is 3.25. The zero-order valence-corrected chi connectivity index (χ0v) is 11.2. The molecule has 1 atom stereocenters. The molecule has 1 aliphatic carbocycles. The standard InChI is InChI=1S/C14H16N2O4/c1-2-12-14(17)15(10-3-4-10)8-9-7-11(16(18)19)5-6-13(9)20-12/h5-7,10,12H,2-4,8H2,1H3. The van der Waals surface area contributed by atoms with Gasteiger partial charge in [0.05, 0.1) is 4.92 Å². The van der Waals surface area contributed by atoms with Gasteiger partial charge >= 0.3 is 0 Å². The lowest BCUT2D eigenvalue weighted by molar-refractivity contribution is -0.384. The number of nitro groups is 1. The summed E-state index contributed by atoms with van der Waals surface area (Å²) in [6.45, 7) is 2.31. The summed E-state index contributed by atoms with van der Waals surface area (Å²) in [4.78, 5) is 24.7. The Balaban J connectivity index is 1.99. The highest BCUT2D eigenvalue weighted by molar-refractivity contribution is 5.82. The first-order chi connectivity index (χ1) is 9.60. The predicted molar refractivity (Wildman–Crippen MR) is 71.4 cm³/mol. The van der Waals surface area contributed by atoms with Gasteiger partial charge in [-0.05, 0) is 25.3 Å². The van der Waals surface area contributed by atoms with E-state index in [1.165, 1.54) is 12.1 Å². The Bertz CT molecular complexity index is 568. The molecule has 0 N–H and O–H groups in total. The van der Waals surface area contributed by atoms with Crippen LogP contribution in [0.2, 0.25) is 0 Å². The van der Waals surface area contributed by atoms with Crippen LogP contribution in [-0.2, 0) is 11.3 Å². The van der Waals surface area contributed by atoms with Crippen LogP contribution in [0, 0.1) is 10.1 Å². The molecular weight excluding hydrogens is 260 g/mol. The van der Waals surface area contributed by atoms with Crippen molar-refractivity contribution in [1.29, 1.82) is 0 Å². The molecule has 1 fully saturated rings.